The Balaban J connectivity index is 2.29. The van der Waals surface area contributed by atoms with E-state index >= 15 is 0 Å². The smallest absolute Gasteiger partial charge is 0.326 e. The average molecular weight is 313 g/mol. The van der Waals surface area contributed by atoms with Gasteiger partial charge in [0.1, 0.15) is 6.04 Å². The summed E-state index contributed by atoms with van der Waals surface area (Å²) < 4.78 is 0. The molecule has 4 nitrogen and oxygen atoms in total. The summed E-state index contributed by atoms with van der Waals surface area (Å²) in [5.41, 5.74) is 0. The lowest BCUT2D eigenvalue weighted by Crippen LogP contribution is -2.41. The maximum atomic E-state index is 11.7. The summed E-state index contributed by atoms with van der Waals surface area (Å²) in [6.45, 7) is 0. The molecule has 20 heavy (non-hydrogen) atoms. The van der Waals surface area contributed by atoms with Crippen molar-refractivity contribution in [1.29, 1.82) is 0 Å². The number of hydrogen-bond acceptors (Lipinski definition) is 4. The van der Waals surface area contributed by atoms with E-state index in [0.29, 0.717) is 18.6 Å². The summed E-state index contributed by atoms with van der Waals surface area (Å²) in [4.78, 5) is 23.8. The van der Waals surface area contributed by atoms with E-state index in [0.717, 1.165) is 10.6 Å². The third kappa shape index (κ3) is 6.86. The molecule has 0 bridgehead atoms. The Bertz CT molecular complexity index is 426. The molecule has 0 aliphatic heterocycles. The Morgan fingerprint density at radius 1 is 1.25 bits per heavy atom. The second kappa shape index (κ2) is 9.72. The lowest BCUT2D eigenvalue weighted by molar-refractivity contribution is -0.141. The van der Waals surface area contributed by atoms with Crippen LogP contribution in [-0.4, -0.2) is 40.8 Å². The van der Waals surface area contributed by atoms with Gasteiger partial charge < -0.3 is 10.4 Å². The van der Waals surface area contributed by atoms with Crippen LogP contribution < -0.4 is 5.32 Å². The molecular formula is C14H19NO3S2. The van der Waals surface area contributed by atoms with Crippen LogP contribution in [0.5, 0.6) is 0 Å². The second-order valence-corrected chi connectivity index (χ2v) is 6.31. The van der Waals surface area contributed by atoms with E-state index in [1.807, 2.05) is 36.6 Å². The van der Waals surface area contributed by atoms with Gasteiger partial charge in [0.15, 0.2) is 0 Å². The zero-order valence-electron chi connectivity index (χ0n) is 11.4. The molecule has 1 amide bonds. The highest BCUT2D eigenvalue weighted by atomic mass is 32.2. The number of carboxylic acids is 1. The van der Waals surface area contributed by atoms with Gasteiger partial charge in [-0.3, -0.25) is 4.79 Å². The van der Waals surface area contributed by atoms with Crippen molar-refractivity contribution in [1.82, 2.24) is 5.32 Å². The average Bonchev–Trinajstić information content (AvgIpc) is 2.44. The molecule has 1 aromatic rings. The Morgan fingerprint density at radius 3 is 2.55 bits per heavy atom. The van der Waals surface area contributed by atoms with Crippen molar-refractivity contribution in [2.45, 2.75) is 23.8 Å². The van der Waals surface area contributed by atoms with Crippen LogP contribution in [0.2, 0.25) is 0 Å². The van der Waals surface area contributed by atoms with Crippen LogP contribution in [0.1, 0.15) is 12.8 Å². The molecule has 110 valence electrons. The van der Waals surface area contributed by atoms with Crippen molar-refractivity contribution < 1.29 is 14.7 Å². The molecule has 0 aromatic heterocycles. The van der Waals surface area contributed by atoms with Crippen LogP contribution in [0.15, 0.2) is 35.2 Å². The minimum Gasteiger partial charge on any atom is -0.480 e. The molecule has 6 heteroatoms. The summed E-state index contributed by atoms with van der Waals surface area (Å²) in [6.07, 6.45) is 2.69. The maximum Gasteiger partial charge on any atom is 0.326 e. The fourth-order valence-electron chi connectivity index (χ4n) is 1.54. The fourth-order valence-corrected chi connectivity index (χ4v) is 2.88. The Kier molecular flexibility index (Phi) is 8.22. The molecule has 2 N–H and O–H groups in total. The zero-order valence-corrected chi connectivity index (χ0v) is 13.0. The van der Waals surface area contributed by atoms with Gasteiger partial charge in [-0.25, -0.2) is 4.79 Å². The molecular weight excluding hydrogens is 294 g/mol. The Hall–Kier alpha value is -1.14. The van der Waals surface area contributed by atoms with Crippen LogP contribution >= 0.6 is 23.5 Å². The van der Waals surface area contributed by atoms with Gasteiger partial charge in [-0.2, -0.15) is 11.8 Å². The van der Waals surface area contributed by atoms with Crippen LogP contribution in [0.25, 0.3) is 0 Å². The number of rotatable bonds is 9. The van der Waals surface area contributed by atoms with Gasteiger partial charge >= 0.3 is 5.97 Å². The topological polar surface area (TPSA) is 66.4 Å². The van der Waals surface area contributed by atoms with Gasteiger partial charge in [0.05, 0.1) is 0 Å². The van der Waals surface area contributed by atoms with Gasteiger partial charge in [-0.05, 0) is 30.6 Å². The first-order valence-corrected chi connectivity index (χ1v) is 8.70. The van der Waals surface area contributed by atoms with E-state index in [-0.39, 0.29) is 5.91 Å². The molecule has 0 radical (unpaired) electrons. The van der Waals surface area contributed by atoms with Crippen LogP contribution in [0.4, 0.5) is 0 Å². The Labute approximate surface area is 127 Å². The number of amides is 1. The third-order valence-corrected chi connectivity index (χ3v) is 4.24. The van der Waals surface area contributed by atoms with E-state index in [9.17, 15) is 9.59 Å². The highest BCUT2D eigenvalue weighted by Gasteiger charge is 2.18. The summed E-state index contributed by atoms with van der Waals surface area (Å²) in [5, 5.41) is 11.6. The molecule has 0 spiro atoms. The molecule has 0 saturated heterocycles. The molecule has 0 heterocycles. The van der Waals surface area contributed by atoms with E-state index in [4.69, 9.17) is 5.11 Å². The quantitative estimate of drug-likeness (QED) is 0.686. The van der Waals surface area contributed by atoms with Crippen molar-refractivity contribution in [2.75, 3.05) is 17.8 Å². The number of hydrogen-bond donors (Lipinski definition) is 2. The lowest BCUT2D eigenvalue weighted by Gasteiger charge is -2.13. The van der Waals surface area contributed by atoms with Gasteiger partial charge in [0, 0.05) is 17.1 Å². The first kappa shape index (κ1) is 16.9. The number of benzene rings is 1. The standard InChI is InChI=1S/C14H19NO3S2/c1-19-9-7-12(14(17)18)15-13(16)8-10-20-11-5-3-2-4-6-11/h2-6,12H,7-10H2,1H3,(H,15,16)(H,17,18)/t12-/m0/s1. The third-order valence-electron chi connectivity index (χ3n) is 2.59. The number of thioether (sulfide) groups is 2. The van der Waals surface area contributed by atoms with E-state index in [2.05, 4.69) is 5.32 Å². The molecule has 0 saturated carbocycles. The molecule has 0 aliphatic rings. The second-order valence-electron chi connectivity index (χ2n) is 4.15. The summed E-state index contributed by atoms with van der Waals surface area (Å²) in [7, 11) is 0. The zero-order chi connectivity index (χ0) is 14.8. The maximum absolute atomic E-state index is 11.7. The van der Waals surface area contributed by atoms with Gasteiger partial charge in [-0.1, -0.05) is 18.2 Å². The van der Waals surface area contributed by atoms with Crippen LogP contribution in [0.3, 0.4) is 0 Å². The normalized spacial score (nSPS) is 11.8. The number of aliphatic carboxylic acids is 1. The minimum absolute atomic E-state index is 0.207. The van der Waals surface area contributed by atoms with Gasteiger partial charge in [0.2, 0.25) is 5.91 Å². The Morgan fingerprint density at radius 2 is 1.95 bits per heavy atom. The van der Waals surface area contributed by atoms with Crippen molar-refractivity contribution in [3.63, 3.8) is 0 Å². The molecule has 1 aromatic carbocycles. The summed E-state index contributed by atoms with van der Waals surface area (Å²) >= 11 is 3.16. The lowest BCUT2D eigenvalue weighted by atomic mass is 10.2. The molecule has 0 aliphatic carbocycles. The van der Waals surface area contributed by atoms with Crippen LogP contribution in [-0.2, 0) is 9.59 Å². The first-order chi connectivity index (χ1) is 9.63. The fraction of sp³-hybridized carbons (Fsp3) is 0.429. The van der Waals surface area contributed by atoms with Crippen molar-refractivity contribution >= 4 is 35.4 Å². The van der Waals surface area contributed by atoms with Crippen molar-refractivity contribution in [2.24, 2.45) is 0 Å². The largest absolute Gasteiger partial charge is 0.480 e. The molecule has 1 atom stereocenters. The number of carbonyl (C=O) groups is 2. The molecule has 1 rings (SSSR count). The minimum atomic E-state index is -0.969. The summed E-state index contributed by atoms with van der Waals surface area (Å²) in [5.74, 6) is 0.186. The van der Waals surface area contributed by atoms with Gasteiger partial charge in [-0.15, -0.1) is 11.8 Å². The highest BCUT2D eigenvalue weighted by molar-refractivity contribution is 7.99. The number of carboxylic acid groups (broad SMARTS) is 1. The first-order valence-electron chi connectivity index (χ1n) is 6.32. The number of nitrogens with one attached hydrogen (secondary N) is 1. The van der Waals surface area contributed by atoms with E-state index in [1.165, 1.54) is 0 Å². The highest BCUT2D eigenvalue weighted by Crippen LogP contribution is 2.17. The van der Waals surface area contributed by atoms with Crippen LogP contribution in [0, 0.1) is 0 Å². The summed E-state index contributed by atoms with van der Waals surface area (Å²) in [6, 6.07) is 9.04. The van der Waals surface area contributed by atoms with E-state index < -0.39 is 12.0 Å². The van der Waals surface area contributed by atoms with Crippen molar-refractivity contribution in [3.8, 4) is 0 Å². The SMILES string of the molecule is CSCC[C@H](NC(=O)CCSc1ccccc1)C(=O)O. The predicted octanol–water partition coefficient (Wildman–Crippen LogP) is 2.49. The van der Waals surface area contributed by atoms with Gasteiger partial charge in [0.25, 0.3) is 0 Å². The van der Waals surface area contributed by atoms with E-state index in [1.54, 1.807) is 23.5 Å². The van der Waals surface area contributed by atoms with Crippen molar-refractivity contribution in [3.05, 3.63) is 30.3 Å². The monoisotopic (exact) mass is 313 g/mol. The number of carbonyl (C=O) groups excluding carboxylic acids is 1. The molecule has 0 fully saturated rings. The molecule has 0 unspecified atom stereocenters. The predicted molar refractivity (Wildman–Crippen MR) is 84.3 cm³/mol.